The average molecular weight is 329 g/mol. The number of aromatic nitrogens is 2. The highest BCUT2D eigenvalue weighted by atomic mass is 16.3. The first kappa shape index (κ1) is 18.2. The highest BCUT2D eigenvalue weighted by Gasteiger charge is 2.19. The normalized spacial score (nSPS) is 18.4. The predicted molar refractivity (Wildman–Crippen MR) is 95.9 cm³/mol. The molecule has 5 heteroatoms. The number of carbonyl (C=O) groups excluding carboxylic acids is 1. The molecule has 1 amide bonds. The van der Waals surface area contributed by atoms with Crippen LogP contribution in [0.25, 0.3) is 0 Å². The van der Waals surface area contributed by atoms with Gasteiger partial charge in [-0.1, -0.05) is 33.8 Å². The maximum atomic E-state index is 12.2. The number of nitrogens with one attached hydrogen (secondary N) is 1. The third-order valence-corrected chi connectivity index (χ3v) is 4.23. The number of aliphatic hydroxyl groups is 1. The van der Waals surface area contributed by atoms with Crippen molar-refractivity contribution in [3.63, 3.8) is 0 Å². The molecular weight excluding hydrogens is 302 g/mol. The van der Waals surface area contributed by atoms with Gasteiger partial charge in [0.15, 0.2) is 5.82 Å². The molecule has 1 aromatic heterocycles. The van der Waals surface area contributed by atoms with Gasteiger partial charge in [0.05, 0.1) is 17.6 Å². The summed E-state index contributed by atoms with van der Waals surface area (Å²) in [5, 5.41) is 12.4. The van der Waals surface area contributed by atoms with Gasteiger partial charge in [0.25, 0.3) is 0 Å². The van der Waals surface area contributed by atoms with Gasteiger partial charge in [-0.3, -0.25) is 9.78 Å². The quantitative estimate of drug-likeness (QED) is 0.822. The molecule has 1 heterocycles. The Balaban J connectivity index is 2.25. The minimum absolute atomic E-state index is 0.0185. The third-order valence-electron chi connectivity index (χ3n) is 4.23. The first-order valence-corrected chi connectivity index (χ1v) is 8.64. The van der Waals surface area contributed by atoms with Crippen molar-refractivity contribution in [1.82, 2.24) is 9.97 Å². The number of allylic oxidation sites excluding steroid dienone is 3. The molecule has 2 unspecified atom stereocenters. The molecule has 0 radical (unpaired) electrons. The van der Waals surface area contributed by atoms with E-state index in [1.54, 1.807) is 18.3 Å². The van der Waals surface area contributed by atoms with Crippen molar-refractivity contribution in [2.45, 2.75) is 52.9 Å². The van der Waals surface area contributed by atoms with Crippen molar-refractivity contribution < 1.29 is 9.90 Å². The molecule has 130 valence electrons. The average Bonchev–Trinajstić information content (AvgIpc) is 2.55. The van der Waals surface area contributed by atoms with Crippen molar-refractivity contribution in [3.8, 4) is 0 Å². The number of nitrogens with zero attached hydrogens (tertiary/aromatic N) is 2. The van der Waals surface area contributed by atoms with Gasteiger partial charge in [0, 0.05) is 11.8 Å². The third kappa shape index (κ3) is 4.66. The fourth-order valence-corrected chi connectivity index (χ4v) is 2.51. The van der Waals surface area contributed by atoms with Gasteiger partial charge in [0.1, 0.15) is 5.76 Å². The SMILES string of the molecule is CCC(C)C(=O)Nc1ncc(C2C=CC(O)=CC2)nc1CC(C)C. The predicted octanol–water partition coefficient (Wildman–Crippen LogP) is 4.15. The van der Waals surface area contributed by atoms with Crippen LogP contribution < -0.4 is 5.32 Å². The monoisotopic (exact) mass is 329 g/mol. The molecule has 1 aliphatic carbocycles. The van der Waals surface area contributed by atoms with Crippen LogP contribution >= 0.6 is 0 Å². The number of hydrogen-bond acceptors (Lipinski definition) is 4. The zero-order chi connectivity index (χ0) is 17.7. The number of anilines is 1. The fraction of sp³-hybridized carbons (Fsp3) is 0.526. The second-order valence-electron chi connectivity index (χ2n) is 6.82. The molecule has 0 saturated heterocycles. The van der Waals surface area contributed by atoms with Crippen LogP contribution in [0.5, 0.6) is 0 Å². The summed E-state index contributed by atoms with van der Waals surface area (Å²) in [6, 6.07) is 0. The van der Waals surface area contributed by atoms with Crippen molar-refractivity contribution in [2.24, 2.45) is 11.8 Å². The Morgan fingerprint density at radius 1 is 1.42 bits per heavy atom. The maximum absolute atomic E-state index is 12.2. The second-order valence-corrected chi connectivity index (χ2v) is 6.82. The van der Waals surface area contributed by atoms with Crippen LogP contribution in [0, 0.1) is 11.8 Å². The van der Waals surface area contributed by atoms with Crippen LogP contribution in [0.4, 0.5) is 5.82 Å². The van der Waals surface area contributed by atoms with E-state index in [1.165, 1.54) is 0 Å². The number of aliphatic hydroxyl groups excluding tert-OH is 1. The largest absolute Gasteiger partial charge is 0.508 e. The second kappa shape index (κ2) is 8.08. The summed E-state index contributed by atoms with van der Waals surface area (Å²) in [5.74, 6) is 1.32. The van der Waals surface area contributed by atoms with Gasteiger partial charge in [-0.15, -0.1) is 0 Å². The maximum Gasteiger partial charge on any atom is 0.228 e. The van der Waals surface area contributed by atoms with Crippen LogP contribution in [0.2, 0.25) is 0 Å². The molecule has 5 nitrogen and oxygen atoms in total. The molecule has 1 aromatic rings. The Kier molecular flexibility index (Phi) is 6.12. The van der Waals surface area contributed by atoms with E-state index in [2.05, 4.69) is 24.1 Å². The molecule has 0 fully saturated rings. The topological polar surface area (TPSA) is 75.1 Å². The molecule has 0 aliphatic heterocycles. The van der Waals surface area contributed by atoms with Gasteiger partial charge in [-0.25, -0.2) is 4.98 Å². The van der Waals surface area contributed by atoms with E-state index in [1.807, 2.05) is 19.9 Å². The van der Waals surface area contributed by atoms with Crippen LogP contribution in [-0.4, -0.2) is 21.0 Å². The van der Waals surface area contributed by atoms with Crippen molar-refractivity contribution >= 4 is 11.7 Å². The Morgan fingerprint density at radius 3 is 2.75 bits per heavy atom. The number of hydrogen-bond donors (Lipinski definition) is 2. The molecule has 24 heavy (non-hydrogen) atoms. The first-order valence-electron chi connectivity index (χ1n) is 8.64. The summed E-state index contributed by atoms with van der Waals surface area (Å²) >= 11 is 0. The van der Waals surface area contributed by atoms with Gasteiger partial charge in [0.2, 0.25) is 5.91 Å². The zero-order valence-electron chi connectivity index (χ0n) is 14.9. The standard InChI is InChI=1S/C19H27N3O2/c1-5-13(4)19(24)22-18-16(10-12(2)3)21-17(11-20-18)14-6-8-15(23)9-7-14/h6,8-9,11-14,23H,5,7,10H2,1-4H3,(H,20,22,24). The molecule has 0 bridgehead atoms. The number of amides is 1. The Morgan fingerprint density at radius 2 is 2.17 bits per heavy atom. The van der Waals surface area contributed by atoms with Crippen LogP contribution in [-0.2, 0) is 11.2 Å². The molecule has 0 spiro atoms. The van der Waals surface area contributed by atoms with E-state index in [9.17, 15) is 9.90 Å². The molecule has 2 atom stereocenters. The van der Waals surface area contributed by atoms with E-state index >= 15 is 0 Å². The molecule has 2 N–H and O–H groups in total. The summed E-state index contributed by atoms with van der Waals surface area (Å²) in [5.41, 5.74) is 1.69. The molecule has 0 saturated carbocycles. The van der Waals surface area contributed by atoms with Gasteiger partial charge >= 0.3 is 0 Å². The Bertz CT molecular complexity index is 650. The number of carbonyl (C=O) groups is 1. The number of rotatable bonds is 6. The van der Waals surface area contributed by atoms with Gasteiger partial charge < -0.3 is 10.4 Å². The van der Waals surface area contributed by atoms with Gasteiger partial charge in [-0.2, -0.15) is 0 Å². The summed E-state index contributed by atoms with van der Waals surface area (Å²) < 4.78 is 0. The van der Waals surface area contributed by atoms with E-state index in [-0.39, 0.29) is 17.7 Å². The molecule has 0 aromatic carbocycles. The Labute approximate surface area is 143 Å². The lowest BCUT2D eigenvalue weighted by atomic mass is 9.96. The van der Waals surface area contributed by atoms with Crippen LogP contribution in [0.3, 0.4) is 0 Å². The lowest BCUT2D eigenvalue weighted by molar-refractivity contribution is -0.119. The lowest BCUT2D eigenvalue weighted by Crippen LogP contribution is -2.22. The zero-order valence-corrected chi connectivity index (χ0v) is 14.9. The highest BCUT2D eigenvalue weighted by Crippen LogP contribution is 2.26. The van der Waals surface area contributed by atoms with E-state index < -0.39 is 0 Å². The minimum Gasteiger partial charge on any atom is -0.508 e. The summed E-state index contributed by atoms with van der Waals surface area (Å²) in [6.45, 7) is 8.14. The minimum atomic E-state index is -0.0484. The van der Waals surface area contributed by atoms with E-state index in [4.69, 9.17) is 4.98 Å². The molecule has 2 rings (SSSR count). The van der Waals surface area contributed by atoms with Crippen LogP contribution in [0.1, 0.15) is 57.8 Å². The van der Waals surface area contributed by atoms with Crippen molar-refractivity contribution in [3.05, 3.63) is 41.6 Å². The summed E-state index contributed by atoms with van der Waals surface area (Å²) in [6.07, 6.45) is 9.39. The smallest absolute Gasteiger partial charge is 0.228 e. The first-order chi connectivity index (χ1) is 11.4. The summed E-state index contributed by atoms with van der Waals surface area (Å²) in [7, 11) is 0. The highest BCUT2D eigenvalue weighted by molar-refractivity contribution is 5.91. The molecule has 1 aliphatic rings. The van der Waals surface area contributed by atoms with Gasteiger partial charge in [-0.05, 0) is 37.3 Å². The molecular formula is C19H27N3O2. The summed E-state index contributed by atoms with van der Waals surface area (Å²) in [4.78, 5) is 21.4. The van der Waals surface area contributed by atoms with Crippen LogP contribution in [0.15, 0.2) is 30.2 Å². The fourth-order valence-electron chi connectivity index (χ4n) is 2.51. The Hall–Kier alpha value is -2.17. The van der Waals surface area contributed by atoms with E-state index in [0.717, 1.165) is 24.2 Å². The van der Waals surface area contributed by atoms with E-state index in [0.29, 0.717) is 23.9 Å². The lowest BCUT2D eigenvalue weighted by Gasteiger charge is -2.18. The van der Waals surface area contributed by atoms with Crippen molar-refractivity contribution in [2.75, 3.05) is 5.32 Å². The van der Waals surface area contributed by atoms with Crippen molar-refractivity contribution in [1.29, 1.82) is 0 Å².